The Morgan fingerprint density at radius 2 is 1.48 bits per heavy atom. The number of aliphatic hydroxyl groups is 2. The van der Waals surface area contributed by atoms with Crippen LogP contribution in [0.25, 0.3) is 0 Å². The summed E-state index contributed by atoms with van der Waals surface area (Å²) < 4.78 is 0. The molecule has 13 heteroatoms. The van der Waals surface area contributed by atoms with Crippen molar-refractivity contribution >= 4 is 35.5 Å². The number of thioether (sulfide) groups is 1. The molecule has 0 saturated carbocycles. The molecular formula is C18H35N5O7S. The number of amides is 3. The van der Waals surface area contributed by atoms with Crippen LogP contribution < -0.4 is 27.4 Å². The first kappa shape index (κ1) is 29.1. The predicted molar refractivity (Wildman–Crippen MR) is 116 cm³/mol. The van der Waals surface area contributed by atoms with Gasteiger partial charge in [0.15, 0.2) is 0 Å². The van der Waals surface area contributed by atoms with E-state index in [0.29, 0.717) is 25.1 Å². The fourth-order valence-electron chi connectivity index (χ4n) is 2.48. The lowest BCUT2D eigenvalue weighted by atomic mass is 10.1. The summed E-state index contributed by atoms with van der Waals surface area (Å²) in [7, 11) is 0. The zero-order valence-electron chi connectivity index (χ0n) is 17.9. The summed E-state index contributed by atoms with van der Waals surface area (Å²) in [5, 5.41) is 35.2. The third kappa shape index (κ3) is 11.3. The molecule has 3 amide bonds. The zero-order chi connectivity index (χ0) is 24.0. The predicted octanol–water partition coefficient (Wildman–Crippen LogP) is -2.89. The third-order valence-corrected chi connectivity index (χ3v) is 5.09. The van der Waals surface area contributed by atoms with Gasteiger partial charge in [-0.2, -0.15) is 11.8 Å². The highest BCUT2D eigenvalue weighted by atomic mass is 32.2. The van der Waals surface area contributed by atoms with E-state index in [0.717, 1.165) is 0 Å². The molecule has 0 rings (SSSR count). The average Bonchev–Trinajstić information content (AvgIpc) is 2.72. The molecule has 0 saturated heterocycles. The maximum Gasteiger partial charge on any atom is 0.326 e. The molecule has 0 spiro atoms. The normalized spacial score (nSPS) is 15.8. The molecule has 0 aliphatic heterocycles. The second-order valence-electron chi connectivity index (χ2n) is 7.04. The monoisotopic (exact) mass is 465 g/mol. The Morgan fingerprint density at radius 1 is 0.935 bits per heavy atom. The molecule has 10 N–H and O–H groups in total. The second kappa shape index (κ2) is 15.8. The van der Waals surface area contributed by atoms with Gasteiger partial charge in [-0.15, -0.1) is 0 Å². The lowest BCUT2D eigenvalue weighted by Gasteiger charge is -2.24. The van der Waals surface area contributed by atoms with Crippen LogP contribution >= 0.6 is 11.8 Å². The highest BCUT2D eigenvalue weighted by Gasteiger charge is 2.30. The summed E-state index contributed by atoms with van der Waals surface area (Å²) in [6.45, 7) is 0.935. The number of carboxylic acid groups (broad SMARTS) is 1. The smallest absolute Gasteiger partial charge is 0.326 e. The van der Waals surface area contributed by atoms with Crippen LogP contribution in [0.3, 0.4) is 0 Å². The van der Waals surface area contributed by atoms with Crippen LogP contribution in [0.4, 0.5) is 0 Å². The second-order valence-corrected chi connectivity index (χ2v) is 8.02. The molecule has 0 radical (unpaired) electrons. The summed E-state index contributed by atoms with van der Waals surface area (Å²) >= 11 is 1.42. The maximum atomic E-state index is 12.6. The van der Waals surface area contributed by atoms with E-state index in [9.17, 15) is 34.5 Å². The number of aliphatic hydroxyl groups excluding tert-OH is 2. The van der Waals surface area contributed by atoms with Gasteiger partial charge in [0.25, 0.3) is 0 Å². The van der Waals surface area contributed by atoms with Crippen molar-refractivity contribution in [3.63, 3.8) is 0 Å². The Balaban J connectivity index is 5.18. The zero-order valence-corrected chi connectivity index (χ0v) is 18.7. The molecule has 0 bridgehead atoms. The first-order valence-electron chi connectivity index (χ1n) is 9.96. The van der Waals surface area contributed by atoms with E-state index in [1.807, 2.05) is 0 Å². The topological polar surface area (TPSA) is 217 Å². The van der Waals surface area contributed by atoms with Crippen LogP contribution in [0.5, 0.6) is 0 Å². The van der Waals surface area contributed by atoms with Gasteiger partial charge >= 0.3 is 5.97 Å². The van der Waals surface area contributed by atoms with Crippen molar-refractivity contribution in [2.24, 2.45) is 11.5 Å². The summed E-state index contributed by atoms with van der Waals surface area (Å²) in [5.74, 6) is -3.09. The number of hydrogen-bond donors (Lipinski definition) is 8. The quantitative estimate of drug-likeness (QED) is 0.109. The SMILES string of the molecule is CSCCC(NC(=O)C(CO)NC(=O)C(N)C(C)O)C(=O)NC(CCCCN)C(=O)O. The number of rotatable bonds is 16. The average molecular weight is 466 g/mol. The number of unbranched alkanes of at least 4 members (excludes halogenated alkanes) is 1. The molecule has 0 aromatic rings. The number of carbonyl (C=O) groups excluding carboxylic acids is 3. The number of carbonyl (C=O) groups is 4. The van der Waals surface area contributed by atoms with Crippen molar-refractivity contribution in [3.05, 3.63) is 0 Å². The van der Waals surface area contributed by atoms with E-state index in [4.69, 9.17) is 11.5 Å². The van der Waals surface area contributed by atoms with Gasteiger partial charge in [-0.1, -0.05) is 0 Å². The fraction of sp³-hybridized carbons (Fsp3) is 0.778. The van der Waals surface area contributed by atoms with Crippen molar-refractivity contribution in [2.45, 2.75) is 62.9 Å². The van der Waals surface area contributed by atoms with Gasteiger partial charge in [-0.3, -0.25) is 14.4 Å². The first-order valence-corrected chi connectivity index (χ1v) is 11.4. The van der Waals surface area contributed by atoms with Crippen molar-refractivity contribution in [3.8, 4) is 0 Å². The van der Waals surface area contributed by atoms with Crippen molar-refractivity contribution < 1.29 is 34.5 Å². The molecule has 180 valence electrons. The van der Waals surface area contributed by atoms with Crippen LogP contribution in [0.2, 0.25) is 0 Å². The molecule has 0 aliphatic carbocycles. The van der Waals surface area contributed by atoms with E-state index in [1.165, 1.54) is 18.7 Å². The molecule has 12 nitrogen and oxygen atoms in total. The molecule has 0 aromatic carbocycles. The molecule has 31 heavy (non-hydrogen) atoms. The Bertz CT molecular complexity index is 594. The van der Waals surface area contributed by atoms with E-state index in [2.05, 4.69) is 16.0 Å². The molecule has 0 fully saturated rings. The lowest BCUT2D eigenvalue weighted by molar-refractivity contribution is -0.142. The minimum atomic E-state index is -1.40. The van der Waals surface area contributed by atoms with Crippen molar-refractivity contribution in [2.75, 3.05) is 25.2 Å². The van der Waals surface area contributed by atoms with Gasteiger partial charge in [-0.25, -0.2) is 4.79 Å². The summed E-state index contributed by atoms with van der Waals surface area (Å²) in [6.07, 6.45) is 2.14. The van der Waals surface area contributed by atoms with Gasteiger partial charge in [0.2, 0.25) is 17.7 Å². The van der Waals surface area contributed by atoms with Crippen LogP contribution in [0.1, 0.15) is 32.6 Å². The van der Waals surface area contributed by atoms with Gasteiger partial charge in [0.05, 0.1) is 12.7 Å². The van der Waals surface area contributed by atoms with Gasteiger partial charge < -0.3 is 42.7 Å². The van der Waals surface area contributed by atoms with Gasteiger partial charge in [0.1, 0.15) is 24.2 Å². The van der Waals surface area contributed by atoms with E-state index >= 15 is 0 Å². The molecule has 0 heterocycles. The third-order valence-electron chi connectivity index (χ3n) is 4.44. The fourth-order valence-corrected chi connectivity index (χ4v) is 2.95. The maximum absolute atomic E-state index is 12.6. The lowest BCUT2D eigenvalue weighted by Crippen LogP contribution is -2.59. The van der Waals surface area contributed by atoms with Crippen LogP contribution in [0.15, 0.2) is 0 Å². The van der Waals surface area contributed by atoms with Crippen molar-refractivity contribution in [1.29, 1.82) is 0 Å². The Labute approximate surface area is 185 Å². The number of carboxylic acids is 1. The molecule has 0 aliphatic rings. The van der Waals surface area contributed by atoms with Gasteiger partial charge in [-0.05, 0) is 51.2 Å². The molecular weight excluding hydrogens is 430 g/mol. The Hall–Kier alpha value is -1.93. The van der Waals surface area contributed by atoms with E-state index < -0.39 is 60.6 Å². The standard InChI is InChI=1S/C18H35N5O7S/c1-10(25)14(20)17(28)23-13(9-24)16(27)21-11(6-8-31-2)15(26)22-12(18(29)30)5-3-4-7-19/h10-14,24-25H,3-9,19-20H2,1-2H3,(H,21,27)(H,22,26)(H,23,28)(H,29,30). The largest absolute Gasteiger partial charge is 0.480 e. The van der Waals surface area contributed by atoms with Gasteiger partial charge in [0, 0.05) is 0 Å². The molecule has 0 aromatic heterocycles. The minimum Gasteiger partial charge on any atom is -0.480 e. The van der Waals surface area contributed by atoms with E-state index in [-0.39, 0.29) is 12.8 Å². The number of nitrogens with two attached hydrogens (primary N) is 2. The highest BCUT2D eigenvalue weighted by molar-refractivity contribution is 7.98. The number of nitrogens with one attached hydrogen (secondary N) is 3. The Morgan fingerprint density at radius 3 is 1.97 bits per heavy atom. The minimum absolute atomic E-state index is 0.189. The Kier molecular flexibility index (Phi) is 14.8. The van der Waals surface area contributed by atoms with Crippen LogP contribution in [-0.2, 0) is 19.2 Å². The molecule has 5 atom stereocenters. The van der Waals surface area contributed by atoms with Crippen LogP contribution in [0, 0.1) is 0 Å². The van der Waals surface area contributed by atoms with Crippen molar-refractivity contribution in [1.82, 2.24) is 16.0 Å². The number of hydrogen-bond acceptors (Lipinski definition) is 9. The number of aliphatic carboxylic acids is 1. The van der Waals surface area contributed by atoms with Crippen LogP contribution in [-0.4, -0.2) is 94.4 Å². The summed E-state index contributed by atoms with van der Waals surface area (Å²) in [5.41, 5.74) is 10.9. The summed E-state index contributed by atoms with van der Waals surface area (Å²) in [4.78, 5) is 48.5. The van der Waals surface area contributed by atoms with E-state index in [1.54, 1.807) is 6.26 Å². The summed E-state index contributed by atoms with van der Waals surface area (Å²) in [6, 6.07) is -4.92. The first-order chi connectivity index (χ1) is 14.6. The highest BCUT2D eigenvalue weighted by Crippen LogP contribution is 2.05. The molecule has 5 unspecified atom stereocenters.